The number of amides is 1. The van der Waals surface area contributed by atoms with E-state index in [1.807, 2.05) is 19.2 Å². The highest BCUT2D eigenvalue weighted by atomic mass is 19.1. The van der Waals surface area contributed by atoms with Gasteiger partial charge in [0.05, 0.1) is 0 Å². The second-order valence-electron chi connectivity index (χ2n) is 5.62. The Hall–Kier alpha value is -2.69. The second-order valence-corrected chi connectivity index (χ2v) is 5.62. The molecule has 0 saturated carbocycles. The maximum absolute atomic E-state index is 13.3. The Morgan fingerprint density at radius 1 is 1.22 bits per heavy atom. The van der Waals surface area contributed by atoms with Crippen molar-refractivity contribution in [2.24, 2.45) is 7.05 Å². The van der Waals surface area contributed by atoms with Gasteiger partial charge in [0.15, 0.2) is 0 Å². The molecule has 5 heteroatoms. The molecule has 2 heterocycles. The standard InChI is InChI=1S/C18H18FN3O/c1-21(10-7-13-5-8-20-9-6-13)18(23)17-12-14-11-15(19)3-4-16(14)22(17)2/h3-6,8-9,11-12H,7,10H2,1-2H3. The van der Waals surface area contributed by atoms with Crippen molar-refractivity contribution in [1.82, 2.24) is 14.5 Å². The molecule has 0 aliphatic carbocycles. The molecule has 2 aromatic heterocycles. The van der Waals surface area contributed by atoms with Crippen LogP contribution >= 0.6 is 0 Å². The molecule has 23 heavy (non-hydrogen) atoms. The van der Waals surface area contributed by atoms with Crippen LogP contribution in [0, 0.1) is 5.82 Å². The average Bonchev–Trinajstić information content (AvgIpc) is 2.89. The highest BCUT2D eigenvalue weighted by Gasteiger charge is 2.17. The summed E-state index contributed by atoms with van der Waals surface area (Å²) in [6.07, 6.45) is 4.26. The zero-order chi connectivity index (χ0) is 16.4. The van der Waals surface area contributed by atoms with E-state index in [2.05, 4.69) is 4.98 Å². The molecule has 0 saturated heterocycles. The highest BCUT2D eigenvalue weighted by Crippen LogP contribution is 2.20. The van der Waals surface area contributed by atoms with Crippen molar-refractivity contribution in [3.05, 3.63) is 65.9 Å². The smallest absolute Gasteiger partial charge is 0.270 e. The molecule has 0 spiro atoms. The van der Waals surface area contributed by atoms with Crippen molar-refractivity contribution in [2.45, 2.75) is 6.42 Å². The normalized spacial score (nSPS) is 10.9. The van der Waals surface area contributed by atoms with Gasteiger partial charge in [-0.1, -0.05) is 0 Å². The lowest BCUT2D eigenvalue weighted by molar-refractivity contribution is 0.0787. The first kappa shape index (κ1) is 15.2. The summed E-state index contributed by atoms with van der Waals surface area (Å²) in [7, 11) is 3.60. The number of aryl methyl sites for hydroxylation is 1. The van der Waals surface area contributed by atoms with Gasteiger partial charge in [-0.25, -0.2) is 4.39 Å². The lowest BCUT2D eigenvalue weighted by Crippen LogP contribution is -2.30. The largest absolute Gasteiger partial charge is 0.340 e. The minimum absolute atomic E-state index is 0.0711. The fourth-order valence-electron chi connectivity index (χ4n) is 2.67. The fraction of sp³-hybridized carbons (Fsp3) is 0.222. The maximum Gasteiger partial charge on any atom is 0.270 e. The number of benzene rings is 1. The number of carbonyl (C=O) groups is 1. The van der Waals surface area contributed by atoms with E-state index in [9.17, 15) is 9.18 Å². The second kappa shape index (κ2) is 6.20. The average molecular weight is 311 g/mol. The summed E-state index contributed by atoms with van der Waals surface area (Å²) in [5, 5.41) is 0.735. The van der Waals surface area contributed by atoms with Crippen LogP contribution in [-0.4, -0.2) is 34.0 Å². The molecule has 0 atom stereocenters. The number of pyridine rings is 1. The molecule has 0 N–H and O–H groups in total. The third-order valence-electron chi connectivity index (χ3n) is 4.06. The first-order chi connectivity index (χ1) is 11.1. The number of likely N-dealkylation sites (N-methyl/N-ethyl adjacent to an activating group) is 1. The molecule has 0 unspecified atom stereocenters. The summed E-state index contributed by atoms with van der Waals surface area (Å²) >= 11 is 0. The number of carbonyl (C=O) groups excluding carboxylic acids is 1. The predicted molar refractivity (Wildman–Crippen MR) is 87.8 cm³/mol. The van der Waals surface area contributed by atoms with Crippen molar-refractivity contribution in [3.8, 4) is 0 Å². The monoisotopic (exact) mass is 311 g/mol. The molecule has 0 aliphatic rings. The number of hydrogen-bond acceptors (Lipinski definition) is 2. The molecule has 118 valence electrons. The molecule has 4 nitrogen and oxygen atoms in total. The van der Waals surface area contributed by atoms with Gasteiger partial charge in [0, 0.05) is 43.9 Å². The van der Waals surface area contributed by atoms with Crippen molar-refractivity contribution in [2.75, 3.05) is 13.6 Å². The fourth-order valence-corrected chi connectivity index (χ4v) is 2.67. The van der Waals surface area contributed by atoms with E-state index >= 15 is 0 Å². The number of nitrogens with zero attached hydrogens (tertiary/aromatic N) is 3. The summed E-state index contributed by atoms with van der Waals surface area (Å²) < 4.78 is 15.1. The van der Waals surface area contributed by atoms with Crippen molar-refractivity contribution in [3.63, 3.8) is 0 Å². The van der Waals surface area contributed by atoms with Crippen LogP contribution in [0.4, 0.5) is 4.39 Å². The van der Waals surface area contributed by atoms with Crippen LogP contribution in [0.1, 0.15) is 16.1 Å². The number of halogens is 1. The Balaban J connectivity index is 1.78. The Kier molecular flexibility index (Phi) is 4.10. The third-order valence-corrected chi connectivity index (χ3v) is 4.06. The van der Waals surface area contributed by atoms with Crippen molar-refractivity contribution < 1.29 is 9.18 Å². The molecule has 0 bridgehead atoms. The molecular weight excluding hydrogens is 293 g/mol. The van der Waals surface area contributed by atoms with Crippen LogP contribution in [0.3, 0.4) is 0 Å². The molecular formula is C18H18FN3O. The summed E-state index contributed by atoms with van der Waals surface area (Å²) in [6.45, 7) is 0.610. The van der Waals surface area contributed by atoms with E-state index in [-0.39, 0.29) is 11.7 Å². The first-order valence-electron chi connectivity index (χ1n) is 7.45. The van der Waals surface area contributed by atoms with Gasteiger partial charge >= 0.3 is 0 Å². The minimum Gasteiger partial charge on any atom is -0.340 e. The van der Waals surface area contributed by atoms with E-state index in [1.165, 1.54) is 12.1 Å². The molecule has 1 aromatic carbocycles. The molecule has 0 fully saturated rings. The Bertz CT molecular complexity index is 842. The Morgan fingerprint density at radius 3 is 2.70 bits per heavy atom. The minimum atomic E-state index is -0.298. The van der Waals surface area contributed by atoms with Gasteiger partial charge in [-0.2, -0.15) is 0 Å². The zero-order valence-electron chi connectivity index (χ0n) is 13.2. The molecule has 0 radical (unpaired) electrons. The zero-order valence-corrected chi connectivity index (χ0v) is 13.2. The lowest BCUT2D eigenvalue weighted by Gasteiger charge is -2.17. The van der Waals surface area contributed by atoms with Crippen molar-refractivity contribution >= 4 is 16.8 Å². The molecule has 1 amide bonds. The van der Waals surface area contributed by atoms with E-state index in [1.54, 1.807) is 41.0 Å². The number of aromatic nitrogens is 2. The van der Waals surface area contributed by atoms with E-state index in [0.29, 0.717) is 12.2 Å². The van der Waals surface area contributed by atoms with Crippen LogP contribution < -0.4 is 0 Å². The van der Waals surface area contributed by atoms with Crippen LogP contribution in [0.5, 0.6) is 0 Å². The van der Waals surface area contributed by atoms with Crippen molar-refractivity contribution in [1.29, 1.82) is 0 Å². The Labute approximate surface area is 134 Å². The highest BCUT2D eigenvalue weighted by molar-refractivity contribution is 5.98. The van der Waals surface area contributed by atoms with Gasteiger partial charge in [0.1, 0.15) is 11.5 Å². The predicted octanol–water partition coefficient (Wildman–Crippen LogP) is 3.03. The summed E-state index contributed by atoms with van der Waals surface area (Å²) in [5.74, 6) is -0.369. The molecule has 3 rings (SSSR count). The van der Waals surface area contributed by atoms with E-state index < -0.39 is 0 Å². The van der Waals surface area contributed by atoms with Gasteiger partial charge in [-0.05, 0) is 48.4 Å². The topological polar surface area (TPSA) is 38.1 Å². The van der Waals surface area contributed by atoms with Crippen LogP contribution in [0.2, 0.25) is 0 Å². The van der Waals surface area contributed by atoms with Crippen LogP contribution in [0.15, 0.2) is 48.8 Å². The lowest BCUT2D eigenvalue weighted by atomic mass is 10.2. The van der Waals surface area contributed by atoms with Gasteiger partial charge in [-0.3, -0.25) is 9.78 Å². The van der Waals surface area contributed by atoms with E-state index in [0.717, 1.165) is 22.9 Å². The van der Waals surface area contributed by atoms with Gasteiger partial charge in [0.25, 0.3) is 5.91 Å². The van der Waals surface area contributed by atoms with Gasteiger partial charge in [-0.15, -0.1) is 0 Å². The maximum atomic E-state index is 13.3. The Morgan fingerprint density at radius 2 is 1.96 bits per heavy atom. The number of rotatable bonds is 4. The number of fused-ring (bicyclic) bond motifs is 1. The summed E-state index contributed by atoms with van der Waals surface area (Å²) in [4.78, 5) is 18.3. The quantitative estimate of drug-likeness (QED) is 0.743. The SMILES string of the molecule is CN(CCc1ccncc1)C(=O)c1cc2cc(F)ccc2n1C. The van der Waals surface area contributed by atoms with Gasteiger partial charge in [0.2, 0.25) is 0 Å². The van der Waals surface area contributed by atoms with Crippen LogP contribution in [-0.2, 0) is 13.5 Å². The summed E-state index contributed by atoms with van der Waals surface area (Å²) in [6, 6.07) is 10.2. The first-order valence-corrected chi connectivity index (χ1v) is 7.45. The van der Waals surface area contributed by atoms with Gasteiger partial charge < -0.3 is 9.47 Å². The molecule has 0 aliphatic heterocycles. The van der Waals surface area contributed by atoms with E-state index in [4.69, 9.17) is 0 Å². The third kappa shape index (κ3) is 3.08. The summed E-state index contributed by atoms with van der Waals surface area (Å²) in [5.41, 5.74) is 2.54. The van der Waals surface area contributed by atoms with Crippen LogP contribution in [0.25, 0.3) is 10.9 Å². The number of hydrogen-bond donors (Lipinski definition) is 0. The molecule has 3 aromatic rings.